The first-order valence-electron chi connectivity index (χ1n) is 10.1. The van der Waals surface area contributed by atoms with Crippen molar-refractivity contribution in [2.75, 3.05) is 0 Å². The van der Waals surface area contributed by atoms with Crippen molar-refractivity contribution < 1.29 is 9.90 Å². The highest BCUT2D eigenvalue weighted by Gasteiger charge is 2.62. The molecular formula is C22H34O2. The second-order valence-corrected chi connectivity index (χ2v) is 10.1. The standard InChI is InChI=1S/C22H34O2/c1-5-14-7-9-17-16-8-6-15-12-20(2,24)10-11-21(15,3)19(16)18(23)13-22(14,17)4/h5,15-17,19,24H,6-13H2,1-4H3/b14-5-/t15-,16-,17-,19+,20-,21-,22+/m0/s1. The summed E-state index contributed by atoms with van der Waals surface area (Å²) in [5.74, 6) is 2.60. The molecule has 0 aromatic carbocycles. The molecule has 0 unspecified atom stereocenters. The number of ketones is 1. The summed E-state index contributed by atoms with van der Waals surface area (Å²) >= 11 is 0. The molecular weight excluding hydrogens is 296 g/mol. The maximum atomic E-state index is 13.4. The van der Waals surface area contributed by atoms with Crippen molar-refractivity contribution in [2.24, 2.45) is 34.5 Å². The Kier molecular flexibility index (Phi) is 3.64. The third-order valence-corrected chi connectivity index (χ3v) is 8.84. The Morgan fingerprint density at radius 3 is 2.58 bits per heavy atom. The van der Waals surface area contributed by atoms with E-state index in [2.05, 4.69) is 26.8 Å². The van der Waals surface area contributed by atoms with Crippen LogP contribution in [0.15, 0.2) is 11.6 Å². The van der Waals surface area contributed by atoms with E-state index in [0.717, 1.165) is 25.7 Å². The topological polar surface area (TPSA) is 37.3 Å². The minimum absolute atomic E-state index is 0.127. The second-order valence-electron chi connectivity index (χ2n) is 10.1. The summed E-state index contributed by atoms with van der Waals surface area (Å²) in [7, 11) is 0. The van der Waals surface area contributed by atoms with Crippen LogP contribution >= 0.6 is 0 Å². The van der Waals surface area contributed by atoms with Gasteiger partial charge in [-0.15, -0.1) is 0 Å². The number of carbonyl (C=O) groups excluding carboxylic acids is 1. The number of hydrogen-bond acceptors (Lipinski definition) is 2. The molecule has 0 heterocycles. The molecule has 0 radical (unpaired) electrons. The van der Waals surface area contributed by atoms with Gasteiger partial charge in [0.2, 0.25) is 0 Å². The van der Waals surface area contributed by atoms with Gasteiger partial charge in [0, 0.05) is 12.3 Å². The second kappa shape index (κ2) is 5.19. The molecule has 4 aliphatic carbocycles. The summed E-state index contributed by atoms with van der Waals surface area (Å²) in [4.78, 5) is 13.4. The summed E-state index contributed by atoms with van der Waals surface area (Å²) in [6.07, 6.45) is 10.7. The molecule has 0 bridgehead atoms. The van der Waals surface area contributed by atoms with Gasteiger partial charge in [-0.05, 0) is 87.4 Å². The smallest absolute Gasteiger partial charge is 0.137 e. The average molecular weight is 331 g/mol. The fourth-order valence-corrected chi connectivity index (χ4v) is 7.57. The van der Waals surface area contributed by atoms with Crippen molar-refractivity contribution in [2.45, 2.75) is 84.7 Å². The van der Waals surface area contributed by atoms with Gasteiger partial charge in [0.1, 0.15) is 5.78 Å². The SMILES string of the molecule is C/C=C1/CC[C@H]2[C@@H]3CC[C@H]4C[C@@](C)(O)CC[C@]4(C)[C@H]3C(=O)C[C@]12C. The van der Waals surface area contributed by atoms with Crippen LogP contribution in [0.2, 0.25) is 0 Å². The highest BCUT2D eigenvalue weighted by atomic mass is 16.3. The minimum Gasteiger partial charge on any atom is -0.390 e. The maximum absolute atomic E-state index is 13.4. The zero-order valence-electron chi connectivity index (χ0n) is 15.9. The van der Waals surface area contributed by atoms with Crippen molar-refractivity contribution in [3.63, 3.8) is 0 Å². The third kappa shape index (κ3) is 2.14. The summed E-state index contributed by atoms with van der Waals surface area (Å²) in [6, 6.07) is 0. The largest absolute Gasteiger partial charge is 0.390 e. The van der Waals surface area contributed by atoms with Gasteiger partial charge in [0.15, 0.2) is 0 Å². The molecule has 1 N–H and O–H groups in total. The molecule has 0 aromatic heterocycles. The molecule has 0 spiro atoms. The van der Waals surface area contributed by atoms with E-state index in [1.54, 1.807) is 0 Å². The first-order chi connectivity index (χ1) is 11.2. The van der Waals surface area contributed by atoms with Crippen LogP contribution in [0.3, 0.4) is 0 Å². The first kappa shape index (κ1) is 16.8. The Hall–Kier alpha value is -0.630. The molecule has 4 saturated carbocycles. The predicted molar refractivity (Wildman–Crippen MR) is 96.5 cm³/mol. The molecule has 4 fully saturated rings. The highest BCUT2D eigenvalue weighted by Crippen LogP contribution is 2.66. The van der Waals surface area contributed by atoms with E-state index in [9.17, 15) is 9.90 Å². The fraction of sp³-hybridized carbons (Fsp3) is 0.864. The van der Waals surface area contributed by atoms with Gasteiger partial charge in [-0.3, -0.25) is 4.79 Å². The predicted octanol–water partition coefficient (Wildman–Crippen LogP) is 4.91. The first-order valence-corrected chi connectivity index (χ1v) is 10.1. The van der Waals surface area contributed by atoms with E-state index < -0.39 is 5.60 Å². The van der Waals surface area contributed by atoms with Crippen LogP contribution in [0.1, 0.15) is 79.1 Å². The third-order valence-electron chi connectivity index (χ3n) is 8.84. The highest BCUT2D eigenvalue weighted by molar-refractivity contribution is 5.85. The van der Waals surface area contributed by atoms with E-state index in [1.165, 1.54) is 31.3 Å². The maximum Gasteiger partial charge on any atom is 0.137 e. The van der Waals surface area contributed by atoms with Crippen LogP contribution < -0.4 is 0 Å². The molecule has 0 aliphatic heterocycles. The number of Topliss-reactive ketones (excluding diaryl/α,β-unsaturated/α-hetero) is 1. The molecule has 2 heteroatoms. The van der Waals surface area contributed by atoms with Crippen LogP contribution in [0.5, 0.6) is 0 Å². The number of allylic oxidation sites excluding steroid dienone is 2. The molecule has 0 amide bonds. The van der Waals surface area contributed by atoms with Crippen molar-refractivity contribution in [3.05, 3.63) is 11.6 Å². The normalized spacial score (nSPS) is 55.9. The van der Waals surface area contributed by atoms with Crippen LogP contribution in [0, 0.1) is 34.5 Å². The summed E-state index contributed by atoms with van der Waals surface area (Å²) in [5.41, 5.74) is 1.28. The minimum atomic E-state index is -0.519. The summed E-state index contributed by atoms with van der Waals surface area (Å²) in [5, 5.41) is 10.6. The quantitative estimate of drug-likeness (QED) is 0.641. The number of carbonyl (C=O) groups is 1. The molecule has 4 rings (SSSR count). The van der Waals surface area contributed by atoms with Gasteiger partial charge in [-0.2, -0.15) is 0 Å². The average Bonchev–Trinajstić information content (AvgIpc) is 2.83. The number of hydrogen-bond donors (Lipinski definition) is 1. The Labute approximate surface area is 147 Å². The Bertz CT molecular complexity index is 589. The number of aliphatic hydroxyl groups is 1. The van der Waals surface area contributed by atoms with E-state index in [-0.39, 0.29) is 16.7 Å². The lowest BCUT2D eigenvalue weighted by Gasteiger charge is -2.60. The van der Waals surface area contributed by atoms with Crippen LogP contribution in [-0.4, -0.2) is 16.5 Å². The molecule has 2 nitrogen and oxygen atoms in total. The van der Waals surface area contributed by atoms with Gasteiger partial charge in [-0.1, -0.05) is 25.5 Å². The Morgan fingerprint density at radius 1 is 1.12 bits per heavy atom. The lowest BCUT2D eigenvalue weighted by molar-refractivity contribution is -0.163. The van der Waals surface area contributed by atoms with Crippen LogP contribution in [0.4, 0.5) is 0 Å². The molecule has 7 atom stereocenters. The monoisotopic (exact) mass is 330 g/mol. The lowest BCUT2D eigenvalue weighted by Crippen LogP contribution is -2.58. The molecule has 134 valence electrons. The van der Waals surface area contributed by atoms with Crippen molar-refractivity contribution in [1.29, 1.82) is 0 Å². The lowest BCUT2D eigenvalue weighted by atomic mass is 9.44. The van der Waals surface area contributed by atoms with Gasteiger partial charge < -0.3 is 5.11 Å². The zero-order chi connectivity index (χ0) is 17.3. The molecule has 0 aromatic rings. The molecule has 4 aliphatic rings. The van der Waals surface area contributed by atoms with Crippen molar-refractivity contribution >= 4 is 5.78 Å². The van der Waals surface area contributed by atoms with E-state index in [1.807, 2.05) is 6.92 Å². The zero-order valence-corrected chi connectivity index (χ0v) is 15.9. The summed E-state index contributed by atoms with van der Waals surface area (Å²) < 4.78 is 0. The van der Waals surface area contributed by atoms with Gasteiger partial charge in [0.05, 0.1) is 5.60 Å². The van der Waals surface area contributed by atoms with E-state index in [4.69, 9.17) is 0 Å². The van der Waals surface area contributed by atoms with Crippen molar-refractivity contribution in [3.8, 4) is 0 Å². The van der Waals surface area contributed by atoms with Gasteiger partial charge in [-0.25, -0.2) is 0 Å². The van der Waals surface area contributed by atoms with E-state index >= 15 is 0 Å². The van der Waals surface area contributed by atoms with Gasteiger partial charge in [0.25, 0.3) is 0 Å². The fourth-order valence-electron chi connectivity index (χ4n) is 7.57. The Balaban J connectivity index is 1.69. The Morgan fingerprint density at radius 2 is 1.88 bits per heavy atom. The number of rotatable bonds is 0. The van der Waals surface area contributed by atoms with Crippen molar-refractivity contribution in [1.82, 2.24) is 0 Å². The molecule has 0 saturated heterocycles. The van der Waals surface area contributed by atoms with Crippen LogP contribution in [0.25, 0.3) is 0 Å². The molecule has 24 heavy (non-hydrogen) atoms. The van der Waals surface area contributed by atoms with Gasteiger partial charge >= 0.3 is 0 Å². The van der Waals surface area contributed by atoms with E-state index in [0.29, 0.717) is 23.5 Å². The summed E-state index contributed by atoms with van der Waals surface area (Å²) in [6.45, 7) is 8.90. The van der Waals surface area contributed by atoms with Crippen LogP contribution in [-0.2, 0) is 4.79 Å². The number of fused-ring (bicyclic) bond motifs is 5.